The van der Waals surface area contributed by atoms with Crippen LogP contribution in [-0.2, 0) is 6.42 Å². The second kappa shape index (κ2) is 3.67. The molecule has 0 saturated heterocycles. The van der Waals surface area contributed by atoms with E-state index in [1.807, 2.05) is 6.07 Å². The third-order valence-corrected chi connectivity index (χ3v) is 1.39. The molecule has 0 atom stereocenters. The molecule has 0 unspecified atom stereocenters. The summed E-state index contributed by atoms with van der Waals surface area (Å²) in [6, 6.07) is 3.27. The number of rotatable bonds is 2. The highest BCUT2D eigenvalue weighted by Gasteiger charge is 2.03. The van der Waals surface area contributed by atoms with E-state index in [-0.39, 0.29) is 6.42 Å². The van der Waals surface area contributed by atoms with Crippen LogP contribution in [0.4, 0.5) is 4.39 Å². The lowest BCUT2D eigenvalue weighted by Crippen LogP contribution is -1.93. The standard InChI is InChI=1S/C8H7FN2O/c1-12-8-4-6(2-3-10)7(9)5-11-8/h4-5H,2H2,1H3. The van der Waals surface area contributed by atoms with E-state index in [9.17, 15) is 4.39 Å². The molecule has 12 heavy (non-hydrogen) atoms. The molecule has 0 bridgehead atoms. The van der Waals surface area contributed by atoms with Crippen LogP contribution in [0.2, 0.25) is 0 Å². The molecule has 0 aromatic carbocycles. The number of pyridine rings is 1. The van der Waals surface area contributed by atoms with Crippen LogP contribution in [0.15, 0.2) is 12.3 Å². The predicted octanol–water partition coefficient (Wildman–Crippen LogP) is 1.30. The lowest BCUT2D eigenvalue weighted by Gasteiger charge is -2.00. The van der Waals surface area contributed by atoms with Gasteiger partial charge in [0.2, 0.25) is 5.88 Å². The molecule has 1 aromatic rings. The average Bonchev–Trinajstić information content (AvgIpc) is 2.09. The van der Waals surface area contributed by atoms with Crippen LogP contribution in [0.3, 0.4) is 0 Å². The van der Waals surface area contributed by atoms with Crippen molar-refractivity contribution in [1.29, 1.82) is 5.26 Å². The number of hydrogen-bond donors (Lipinski definition) is 0. The van der Waals surface area contributed by atoms with E-state index in [0.29, 0.717) is 11.4 Å². The van der Waals surface area contributed by atoms with Crippen molar-refractivity contribution in [3.05, 3.63) is 23.6 Å². The zero-order chi connectivity index (χ0) is 8.97. The molecule has 0 fully saturated rings. The Morgan fingerprint density at radius 1 is 1.75 bits per heavy atom. The SMILES string of the molecule is COc1cc(CC#N)c(F)cn1. The molecule has 0 N–H and O–H groups in total. The minimum absolute atomic E-state index is 0.0325. The van der Waals surface area contributed by atoms with Crippen LogP contribution in [0.1, 0.15) is 5.56 Å². The Labute approximate surface area is 69.4 Å². The molecule has 0 amide bonds. The van der Waals surface area contributed by atoms with Crippen LogP contribution in [0.5, 0.6) is 5.88 Å². The minimum atomic E-state index is -0.475. The first-order chi connectivity index (χ1) is 5.77. The summed E-state index contributed by atoms with van der Waals surface area (Å²) in [4.78, 5) is 3.63. The first kappa shape index (κ1) is 8.47. The molecule has 0 saturated carbocycles. The van der Waals surface area contributed by atoms with Gasteiger partial charge in [0.1, 0.15) is 5.82 Å². The van der Waals surface area contributed by atoms with Crippen LogP contribution < -0.4 is 4.74 Å². The van der Waals surface area contributed by atoms with E-state index in [4.69, 9.17) is 10.00 Å². The third kappa shape index (κ3) is 1.70. The van der Waals surface area contributed by atoms with Crippen molar-refractivity contribution < 1.29 is 9.13 Å². The molecular formula is C8H7FN2O. The van der Waals surface area contributed by atoms with Gasteiger partial charge in [0.15, 0.2) is 0 Å². The Kier molecular flexibility index (Phi) is 2.59. The van der Waals surface area contributed by atoms with Crippen molar-refractivity contribution in [3.63, 3.8) is 0 Å². The van der Waals surface area contributed by atoms with Crippen LogP contribution in [-0.4, -0.2) is 12.1 Å². The molecule has 62 valence electrons. The predicted molar refractivity (Wildman–Crippen MR) is 40.1 cm³/mol. The Bertz CT molecular complexity index is 319. The largest absolute Gasteiger partial charge is 0.481 e. The summed E-state index contributed by atoms with van der Waals surface area (Å²) in [6.45, 7) is 0. The van der Waals surface area contributed by atoms with Gasteiger partial charge in [-0.1, -0.05) is 0 Å². The molecule has 0 aliphatic heterocycles. The summed E-state index contributed by atoms with van der Waals surface area (Å²) in [5, 5.41) is 8.33. The third-order valence-electron chi connectivity index (χ3n) is 1.39. The van der Waals surface area contributed by atoms with Gasteiger partial charge in [-0.3, -0.25) is 0 Å². The van der Waals surface area contributed by atoms with Crippen molar-refractivity contribution in [2.45, 2.75) is 6.42 Å². The number of halogens is 1. The van der Waals surface area contributed by atoms with Crippen LogP contribution in [0.25, 0.3) is 0 Å². The molecular weight excluding hydrogens is 159 g/mol. The zero-order valence-corrected chi connectivity index (χ0v) is 6.54. The van der Waals surface area contributed by atoms with Gasteiger partial charge in [0.05, 0.1) is 25.8 Å². The lowest BCUT2D eigenvalue weighted by molar-refractivity contribution is 0.395. The van der Waals surface area contributed by atoms with Gasteiger partial charge in [-0.25, -0.2) is 9.37 Å². The number of nitrogens with zero attached hydrogens (tertiary/aromatic N) is 2. The normalized spacial score (nSPS) is 9.08. The van der Waals surface area contributed by atoms with Gasteiger partial charge in [-0.2, -0.15) is 5.26 Å². The van der Waals surface area contributed by atoms with E-state index >= 15 is 0 Å². The van der Waals surface area contributed by atoms with E-state index in [1.165, 1.54) is 13.2 Å². The molecule has 0 aliphatic carbocycles. The summed E-state index contributed by atoms with van der Waals surface area (Å²) < 4.78 is 17.6. The second-order valence-corrected chi connectivity index (χ2v) is 2.15. The quantitative estimate of drug-likeness (QED) is 0.665. The summed E-state index contributed by atoms with van der Waals surface area (Å²) in [5.41, 5.74) is 0.310. The average molecular weight is 166 g/mol. The van der Waals surface area contributed by atoms with E-state index in [2.05, 4.69) is 4.98 Å². The van der Waals surface area contributed by atoms with E-state index in [0.717, 1.165) is 6.20 Å². The first-order valence-electron chi connectivity index (χ1n) is 3.33. The summed E-state index contributed by atoms with van der Waals surface area (Å²) >= 11 is 0. The van der Waals surface area contributed by atoms with Gasteiger partial charge >= 0.3 is 0 Å². The van der Waals surface area contributed by atoms with Gasteiger partial charge < -0.3 is 4.74 Å². The number of hydrogen-bond acceptors (Lipinski definition) is 3. The molecule has 3 nitrogen and oxygen atoms in total. The molecule has 1 rings (SSSR count). The molecule has 0 spiro atoms. The minimum Gasteiger partial charge on any atom is -0.481 e. The first-order valence-corrected chi connectivity index (χ1v) is 3.33. The van der Waals surface area contributed by atoms with Crippen LogP contribution in [0, 0.1) is 17.1 Å². The molecule has 0 radical (unpaired) electrons. The van der Waals surface area contributed by atoms with Gasteiger partial charge in [0, 0.05) is 11.6 Å². The highest BCUT2D eigenvalue weighted by atomic mass is 19.1. The van der Waals surface area contributed by atoms with E-state index in [1.54, 1.807) is 0 Å². The van der Waals surface area contributed by atoms with E-state index < -0.39 is 5.82 Å². The van der Waals surface area contributed by atoms with Crippen molar-refractivity contribution in [2.24, 2.45) is 0 Å². The molecule has 1 heterocycles. The highest BCUT2D eigenvalue weighted by Crippen LogP contribution is 2.12. The smallest absolute Gasteiger partial charge is 0.213 e. The Morgan fingerprint density at radius 3 is 3.08 bits per heavy atom. The van der Waals surface area contributed by atoms with Crippen molar-refractivity contribution in [1.82, 2.24) is 4.98 Å². The highest BCUT2D eigenvalue weighted by molar-refractivity contribution is 5.24. The number of ether oxygens (including phenoxy) is 1. The maximum absolute atomic E-state index is 12.8. The second-order valence-electron chi connectivity index (χ2n) is 2.15. The number of methoxy groups -OCH3 is 1. The maximum atomic E-state index is 12.8. The summed E-state index contributed by atoms with van der Waals surface area (Å²) in [7, 11) is 1.44. The molecule has 4 heteroatoms. The Balaban J connectivity index is 3.01. The Hall–Kier alpha value is -1.63. The number of aromatic nitrogens is 1. The lowest BCUT2D eigenvalue weighted by atomic mass is 10.2. The van der Waals surface area contributed by atoms with Crippen LogP contribution >= 0.6 is 0 Å². The van der Waals surface area contributed by atoms with Crippen molar-refractivity contribution in [3.8, 4) is 11.9 Å². The summed E-state index contributed by atoms with van der Waals surface area (Å²) in [6.07, 6.45) is 1.08. The fraction of sp³-hybridized carbons (Fsp3) is 0.250. The Morgan fingerprint density at radius 2 is 2.50 bits per heavy atom. The summed E-state index contributed by atoms with van der Waals surface area (Å²) in [5.74, 6) is -0.154. The van der Waals surface area contributed by atoms with Crippen molar-refractivity contribution >= 4 is 0 Å². The fourth-order valence-corrected chi connectivity index (χ4v) is 0.791. The molecule has 0 aliphatic rings. The maximum Gasteiger partial charge on any atom is 0.213 e. The topological polar surface area (TPSA) is 45.9 Å². The fourth-order valence-electron chi connectivity index (χ4n) is 0.791. The molecule has 1 aromatic heterocycles. The monoisotopic (exact) mass is 166 g/mol. The zero-order valence-electron chi connectivity index (χ0n) is 6.54. The van der Waals surface area contributed by atoms with Gasteiger partial charge in [-0.15, -0.1) is 0 Å². The van der Waals surface area contributed by atoms with Gasteiger partial charge in [0.25, 0.3) is 0 Å². The number of nitriles is 1. The van der Waals surface area contributed by atoms with Crippen molar-refractivity contribution in [2.75, 3.05) is 7.11 Å². The van der Waals surface area contributed by atoms with Gasteiger partial charge in [-0.05, 0) is 0 Å².